The second-order valence-electron chi connectivity index (χ2n) is 16.1. The summed E-state index contributed by atoms with van der Waals surface area (Å²) in [6.07, 6.45) is 7.90. The van der Waals surface area contributed by atoms with Crippen molar-refractivity contribution in [1.29, 1.82) is 0 Å². The molecule has 8 nitrogen and oxygen atoms in total. The van der Waals surface area contributed by atoms with Crippen LogP contribution >= 0.6 is 0 Å². The van der Waals surface area contributed by atoms with Crippen LogP contribution in [-0.4, -0.2) is 38.1 Å². The minimum absolute atomic E-state index is 0.354. The number of fused-ring (bicyclic) bond motifs is 14. The normalized spacial score (nSPS) is 24.1. The van der Waals surface area contributed by atoms with Crippen molar-refractivity contribution in [2.24, 2.45) is 0 Å². The highest BCUT2D eigenvalue weighted by Crippen LogP contribution is 2.64. The van der Waals surface area contributed by atoms with Gasteiger partial charge >= 0.3 is 11.9 Å². The molecule has 0 unspecified atom stereocenters. The van der Waals surface area contributed by atoms with Gasteiger partial charge in [0.1, 0.15) is 23.0 Å². The number of rotatable bonds is 0. The topological polar surface area (TPSA) is 77.5 Å². The molecule has 8 heterocycles. The van der Waals surface area contributed by atoms with Crippen LogP contribution in [0.2, 0.25) is 0 Å². The Morgan fingerprint density at radius 3 is 1.37 bits per heavy atom. The SMILES string of the molecule is O=C1O[C@@]2(c3cc4c(cc3Oc3c2cc2c5c3CCCN5CCC2)[C@@]2(OC(=O)c3ccccc32)c2cc3c5c(c2O4)CCCN5CCC3)c2ccccc21. The average molecular weight is 713 g/mol. The first-order valence-electron chi connectivity index (χ1n) is 19.6. The number of hydrogen-bond donors (Lipinski definition) is 0. The van der Waals surface area contributed by atoms with Gasteiger partial charge in [-0.15, -0.1) is 0 Å². The van der Waals surface area contributed by atoms with E-state index in [0.29, 0.717) is 33.8 Å². The lowest BCUT2D eigenvalue weighted by Gasteiger charge is -2.45. The van der Waals surface area contributed by atoms with E-state index >= 15 is 0 Å². The molecule has 0 bridgehead atoms. The number of esters is 2. The highest BCUT2D eigenvalue weighted by molar-refractivity contribution is 5.99. The molecular weight excluding hydrogens is 677 g/mol. The van der Waals surface area contributed by atoms with Gasteiger partial charge < -0.3 is 28.7 Å². The number of aryl methyl sites for hydroxylation is 2. The van der Waals surface area contributed by atoms with Crippen molar-refractivity contribution in [3.63, 3.8) is 0 Å². The Kier molecular flexibility index (Phi) is 5.52. The molecule has 2 spiro atoms. The Morgan fingerprint density at radius 2 is 0.907 bits per heavy atom. The molecule has 266 valence electrons. The van der Waals surface area contributed by atoms with Crippen molar-refractivity contribution in [3.8, 4) is 23.0 Å². The maximum absolute atomic E-state index is 14.0. The van der Waals surface area contributed by atoms with Crippen LogP contribution in [0, 0.1) is 0 Å². The lowest BCUT2D eigenvalue weighted by molar-refractivity contribution is 0.0194. The van der Waals surface area contributed by atoms with Crippen molar-refractivity contribution in [2.45, 2.75) is 62.6 Å². The van der Waals surface area contributed by atoms with Crippen LogP contribution in [0.1, 0.15) is 102 Å². The van der Waals surface area contributed by atoms with E-state index in [1.165, 1.54) is 33.6 Å². The summed E-state index contributed by atoms with van der Waals surface area (Å²) in [5.41, 5.74) is 10.9. The molecule has 8 aliphatic heterocycles. The fourth-order valence-corrected chi connectivity index (χ4v) is 11.4. The van der Waals surface area contributed by atoms with E-state index in [0.717, 1.165) is 111 Å². The zero-order valence-corrected chi connectivity index (χ0v) is 29.8. The maximum atomic E-state index is 14.0. The molecule has 0 amide bonds. The van der Waals surface area contributed by atoms with Crippen LogP contribution in [0.5, 0.6) is 23.0 Å². The molecule has 0 radical (unpaired) electrons. The highest BCUT2D eigenvalue weighted by atomic mass is 16.6. The van der Waals surface area contributed by atoms with Gasteiger partial charge in [0.15, 0.2) is 11.2 Å². The lowest BCUT2D eigenvalue weighted by Crippen LogP contribution is -2.39. The summed E-state index contributed by atoms with van der Waals surface area (Å²) in [6.45, 7) is 4.11. The number of ether oxygens (including phenoxy) is 4. The van der Waals surface area contributed by atoms with E-state index < -0.39 is 11.2 Å². The first-order chi connectivity index (χ1) is 26.5. The van der Waals surface area contributed by atoms with Gasteiger partial charge in [-0.1, -0.05) is 36.4 Å². The number of hydrogen-bond acceptors (Lipinski definition) is 8. The van der Waals surface area contributed by atoms with Gasteiger partial charge in [0.25, 0.3) is 0 Å². The van der Waals surface area contributed by atoms with Crippen molar-refractivity contribution in [2.75, 3.05) is 36.0 Å². The Labute approximate surface area is 312 Å². The number of benzene rings is 5. The van der Waals surface area contributed by atoms with E-state index in [9.17, 15) is 9.59 Å². The molecule has 5 aromatic rings. The Balaban J connectivity index is 1.13. The second kappa shape index (κ2) is 10.1. The quantitative estimate of drug-likeness (QED) is 0.149. The molecule has 0 saturated heterocycles. The number of carbonyl (C=O) groups excluding carboxylic acids is 2. The third-order valence-corrected chi connectivity index (χ3v) is 13.5. The standard InChI is InChI=1S/C46H36N2O6/c49-43-27-11-1-3-15-31(27)45(53-43)33-23-38-34(24-37(33)51-41-29-13-7-19-47-17-5-9-25(39(29)47)21-35(41)45)46(32-16-4-2-12-28(32)44(50)54-46)36-22-26-10-6-18-48-20-8-14-30(40(26)48)42(36)52-38/h1-4,11-12,15-16,21-24H,5-10,13-14,17-20H2/t45-,46-/m1/s1. The number of carbonyl (C=O) groups is 2. The number of nitrogens with zero attached hydrogens (tertiary/aromatic N) is 2. The third kappa shape index (κ3) is 3.42. The first kappa shape index (κ1) is 29.7. The third-order valence-electron chi connectivity index (χ3n) is 13.5. The molecular formula is C46H36N2O6. The maximum Gasteiger partial charge on any atom is 0.340 e. The predicted octanol–water partition coefficient (Wildman–Crippen LogP) is 8.22. The van der Waals surface area contributed by atoms with Crippen molar-refractivity contribution in [3.05, 3.63) is 140 Å². The fraction of sp³-hybridized carbons (Fsp3) is 0.304. The van der Waals surface area contributed by atoms with E-state index in [-0.39, 0.29) is 11.9 Å². The van der Waals surface area contributed by atoms with Gasteiger partial charge in [-0.3, -0.25) is 0 Å². The molecule has 0 N–H and O–H groups in total. The van der Waals surface area contributed by atoms with Gasteiger partial charge in [0, 0.05) is 70.9 Å². The molecule has 2 atom stereocenters. The predicted molar refractivity (Wildman–Crippen MR) is 201 cm³/mol. The van der Waals surface area contributed by atoms with Crippen molar-refractivity contribution < 1.29 is 28.5 Å². The second-order valence-corrected chi connectivity index (χ2v) is 16.1. The minimum Gasteiger partial charge on any atom is -0.456 e. The molecule has 0 aromatic heterocycles. The summed E-state index contributed by atoms with van der Waals surface area (Å²) < 4.78 is 27.9. The van der Waals surface area contributed by atoms with Crippen LogP contribution in [0.3, 0.4) is 0 Å². The van der Waals surface area contributed by atoms with Crippen LogP contribution < -0.4 is 19.3 Å². The van der Waals surface area contributed by atoms with Gasteiger partial charge in [0.05, 0.1) is 22.3 Å². The average Bonchev–Trinajstić information content (AvgIpc) is 3.67. The molecule has 5 aromatic carbocycles. The summed E-state index contributed by atoms with van der Waals surface area (Å²) in [4.78, 5) is 33.0. The Bertz CT molecular complexity index is 2430. The zero-order chi connectivity index (χ0) is 35.5. The van der Waals surface area contributed by atoms with Gasteiger partial charge in [-0.25, -0.2) is 9.59 Å². The van der Waals surface area contributed by atoms with Gasteiger partial charge in [0.2, 0.25) is 0 Å². The minimum atomic E-state index is -1.25. The summed E-state index contributed by atoms with van der Waals surface area (Å²) in [7, 11) is 0. The van der Waals surface area contributed by atoms with Crippen LogP contribution in [0.25, 0.3) is 0 Å². The van der Waals surface area contributed by atoms with Crippen molar-refractivity contribution in [1.82, 2.24) is 0 Å². The molecule has 8 heteroatoms. The monoisotopic (exact) mass is 712 g/mol. The van der Waals surface area contributed by atoms with Crippen LogP contribution in [-0.2, 0) is 46.4 Å². The highest BCUT2D eigenvalue weighted by Gasteiger charge is 2.59. The molecule has 0 aliphatic carbocycles. The van der Waals surface area contributed by atoms with E-state index in [2.05, 4.69) is 21.9 Å². The van der Waals surface area contributed by atoms with Gasteiger partial charge in [-0.2, -0.15) is 0 Å². The smallest absolute Gasteiger partial charge is 0.340 e. The molecule has 0 fully saturated rings. The summed E-state index contributed by atoms with van der Waals surface area (Å²) in [5, 5.41) is 0. The van der Waals surface area contributed by atoms with E-state index in [4.69, 9.17) is 18.9 Å². The molecule has 8 aliphatic rings. The lowest BCUT2D eigenvalue weighted by atomic mass is 9.71. The number of anilines is 2. The van der Waals surface area contributed by atoms with E-state index in [1.54, 1.807) is 0 Å². The molecule has 54 heavy (non-hydrogen) atoms. The summed E-state index contributed by atoms with van der Waals surface area (Å²) in [5.74, 6) is 1.98. The Hall–Kier alpha value is -5.76. The zero-order valence-electron chi connectivity index (χ0n) is 29.8. The van der Waals surface area contributed by atoms with Crippen LogP contribution in [0.15, 0.2) is 72.8 Å². The fourth-order valence-electron chi connectivity index (χ4n) is 11.4. The summed E-state index contributed by atoms with van der Waals surface area (Å²) >= 11 is 0. The first-order valence-corrected chi connectivity index (χ1v) is 19.6. The van der Waals surface area contributed by atoms with E-state index in [1.807, 2.05) is 60.7 Å². The largest absolute Gasteiger partial charge is 0.456 e. The van der Waals surface area contributed by atoms with Crippen LogP contribution in [0.4, 0.5) is 11.4 Å². The van der Waals surface area contributed by atoms with Crippen molar-refractivity contribution >= 4 is 23.3 Å². The molecule has 0 saturated carbocycles. The summed E-state index contributed by atoms with van der Waals surface area (Å²) in [6, 6.07) is 24.1. The van der Waals surface area contributed by atoms with Gasteiger partial charge in [-0.05, 0) is 98.9 Å². The molecule has 13 rings (SSSR count). The Morgan fingerprint density at radius 1 is 0.481 bits per heavy atom.